The number of amides is 1. The molecule has 0 saturated carbocycles. The minimum Gasteiger partial charge on any atom is -0.325 e. The van der Waals surface area contributed by atoms with Crippen LogP contribution in [0, 0.1) is 0 Å². The van der Waals surface area contributed by atoms with E-state index < -0.39 is 0 Å². The van der Waals surface area contributed by atoms with Crippen molar-refractivity contribution in [2.45, 2.75) is 6.92 Å². The minimum atomic E-state index is -0.109. The highest BCUT2D eigenvalue weighted by Crippen LogP contribution is 2.17. The van der Waals surface area contributed by atoms with Crippen LogP contribution in [-0.2, 0) is 4.79 Å². The van der Waals surface area contributed by atoms with Crippen LogP contribution in [0.1, 0.15) is 6.92 Å². The van der Waals surface area contributed by atoms with Gasteiger partial charge in [0.2, 0.25) is 5.12 Å². The number of carbonyl (C=O) groups is 2. The molecule has 3 nitrogen and oxygen atoms in total. The first-order chi connectivity index (χ1) is 4.24. The minimum absolute atomic E-state index is 0.0400. The van der Waals surface area contributed by atoms with Crippen molar-refractivity contribution in [3.63, 3.8) is 0 Å². The van der Waals surface area contributed by atoms with Crippen molar-refractivity contribution in [3.05, 3.63) is 0 Å². The van der Waals surface area contributed by atoms with Crippen LogP contribution in [0.2, 0.25) is 0 Å². The van der Waals surface area contributed by atoms with Crippen LogP contribution in [0.5, 0.6) is 0 Å². The molecule has 0 spiro atoms. The van der Waals surface area contributed by atoms with E-state index in [9.17, 15) is 9.59 Å². The van der Waals surface area contributed by atoms with E-state index in [1.54, 1.807) is 0 Å². The van der Waals surface area contributed by atoms with Crippen LogP contribution in [0.25, 0.3) is 0 Å². The van der Waals surface area contributed by atoms with Crippen molar-refractivity contribution in [2.75, 3.05) is 13.1 Å². The lowest BCUT2D eigenvalue weighted by Gasteiger charge is -2.07. The number of hydrogen-bond donors (Lipinski definition) is 0. The van der Waals surface area contributed by atoms with Gasteiger partial charge in [0.15, 0.2) is 0 Å². The van der Waals surface area contributed by atoms with Crippen molar-refractivity contribution in [2.24, 2.45) is 0 Å². The second kappa shape index (κ2) is 2.39. The number of likely N-dealkylation sites (N-methyl/N-ethyl adjacent to an activating group) is 1. The van der Waals surface area contributed by atoms with Gasteiger partial charge in [-0.1, -0.05) is 0 Å². The van der Waals surface area contributed by atoms with Gasteiger partial charge in [0.05, 0.1) is 6.54 Å². The van der Waals surface area contributed by atoms with E-state index in [4.69, 9.17) is 0 Å². The summed E-state index contributed by atoms with van der Waals surface area (Å²) >= 11 is 0.801. The third-order valence-corrected chi connectivity index (χ3v) is 1.95. The van der Waals surface area contributed by atoms with E-state index in [0.717, 1.165) is 11.8 Å². The quantitative estimate of drug-likeness (QED) is 0.545. The maximum absolute atomic E-state index is 10.7. The van der Waals surface area contributed by atoms with Gasteiger partial charge in [-0.2, -0.15) is 0 Å². The van der Waals surface area contributed by atoms with Gasteiger partial charge in [0, 0.05) is 18.3 Å². The van der Waals surface area contributed by atoms with Crippen molar-refractivity contribution >= 4 is 22.1 Å². The van der Waals surface area contributed by atoms with Crippen LogP contribution in [0.3, 0.4) is 0 Å². The van der Waals surface area contributed by atoms with E-state index in [2.05, 4.69) is 0 Å². The van der Waals surface area contributed by atoms with Gasteiger partial charge in [-0.15, -0.1) is 0 Å². The normalized spacial score (nSPS) is 19.4. The third-order valence-electron chi connectivity index (χ3n) is 1.16. The van der Waals surface area contributed by atoms with Crippen LogP contribution in [0.4, 0.5) is 4.79 Å². The monoisotopic (exact) mass is 145 g/mol. The van der Waals surface area contributed by atoms with E-state index in [1.807, 2.05) is 6.92 Å². The number of hydrogen-bond acceptors (Lipinski definition) is 3. The average Bonchev–Trinajstić information content (AvgIpc) is 2.10. The molecular weight excluding hydrogens is 138 g/mol. The summed E-state index contributed by atoms with van der Waals surface area (Å²) in [5.41, 5.74) is 0. The zero-order valence-corrected chi connectivity index (χ0v) is 5.90. The van der Waals surface area contributed by atoms with E-state index >= 15 is 0 Å². The Morgan fingerprint density at radius 1 is 1.67 bits per heavy atom. The van der Waals surface area contributed by atoms with Crippen molar-refractivity contribution in [1.82, 2.24) is 4.90 Å². The Balaban J connectivity index is 2.58. The molecule has 0 bridgehead atoms. The lowest BCUT2D eigenvalue weighted by Crippen LogP contribution is -2.22. The number of carbonyl (C=O) groups excluding carboxylic acids is 2. The number of thioether (sulfide) groups is 1. The molecule has 9 heavy (non-hydrogen) atoms. The second-order valence-corrected chi connectivity index (χ2v) is 2.76. The molecule has 1 fully saturated rings. The highest BCUT2D eigenvalue weighted by Gasteiger charge is 2.26. The van der Waals surface area contributed by atoms with Crippen molar-refractivity contribution < 1.29 is 9.59 Å². The Labute approximate surface area is 57.4 Å². The molecule has 0 aromatic rings. The summed E-state index contributed by atoms with van der Waals surface area (Å²) < 4.78 is 0. The van der Waals surface area contributed by atoms with Gasteiger partial charge in [-0.05, 0) is 6.92 Å². The Morgan fingerprint density at radius 2 is 2.33 bits per heavy atom. The van der Waals surface area contributed by atoms with Gasteiger partial charge in [0.25, 0.3) is 5.24 Å². The fourth-order valence-corrected chi connectivity index (χ4v) is 1.39. The molecule has 1 aliphatic heterocycles. The highest BCUT2D eigenvalue weighted by atomic mass is 32.2. The molecule has 1 heterocycles. The lowest BCUT2D eigenvalue weighted by molar-refractivity contribution is -0.110. The molecule has 0 aliphatic carbocycles. The molecule has 4 heteroatoms. The van der Waals surface area contributed by atoms with Crippen LogP contribution >= 0.6 is 11.8 Å². The molecule has 0 unspecified atom stereocenters. The predicted octanol–water partition coefficient (Wildman–Crippen LogP) is 0.702. The summed E-state index contributed by atoms with van der Waals surface area (Å²) in [5, 5.41) is -0.149. The maximum Gasteiger partial charge on any atom is 0.289 e. The van der Waals surface area contributed by atoms with Crippen LogP contribution < -0.4 is 0 Å². The van der Waals surface area contributed by atoms with Gasteiger partial charge < -0.3 is 4.90 Å². The molecule has 1 aliphatic rings. The molecule has 0 aromatic heterocycles. The summed E-state index contributed by atoms with van der Waals surface area (Å²) in [7, 11) is 0. The van der Waals surface area contributed by atoms with Gasteiger partial charge in [-0.3, -0.25) is 9.59 Å². The molecular formula is C5H7NO2S. The summed E-state index contributed by atoms with van der Waals surface area (Å²) in [5.74, 6) is 0. The van der Waals surface area contributed by atoms with E-state index in [-0.39, 0.29) is 10.4 Å². The molecule has 0 N–H and O–H groups in total. The van der Waals surface area contributed by atoms with Crippen LogP contribution in [-0.4, -0.2) is 28.3 Å². The summed E-state index contributed by atoms with van der Waals surface area (Å²) in [6, 6.07) is 0. The Bertz CT molecular complexity index is 157. The van der Waals surface area contributed by atoms with Crippen molar-refractivity contribution in [1.29, 1.82) is 0 Å². The molecule has 0 atom stereocenters. The zero-order chi connectivity index (χ0) is 6.85. The molecule has 1 rings (SSSR count). The molecule has 50 valence electrons. The fourth-order valence-electron chi connectivity index (χ4n) is 0.655. The zero-order valence-electron chi connectivity index (χ0n) is 5.09. The smallest absolute Gasteiger partial charge is 0.289 e. The average molecular weight is 145 g/mol. The Hall–Kier alpha value is -0.510. The Morgan fingerprint density at radius 3 is 2.56 bits per heavy atom. The topological polar surface area (TPSA) is 37.4 Å². The first kappa shape index (κ1) is 6.61. The first-order valence-corrected chi connectivity index (χ1v) is 3.55. The lowest BCUT2D eigenvalue weighted by atomic mass is 10.6. The van der Waals surface area contributed by atoms with Gasteiger partial charge in [-0.25, -0.2) is 0 Å². The predicted molar refractivity (Wildman–Crippen MR) is 35.2 cm³/mol. The van der Waals surface area contributed by atoms with Gasteiger partial charge in [0.1, 0.15) is 0 Å². The van der Waals surface area contributed by atoms with E-state index in [1.165, 1.54) is 4.90 Å². The summed E-state index contributed by atoms with van der Waals surface area (Å²) in [6.45, 7) is 2.79. The fraction of sp³-hybridized carbons (Fsp3) is 0.600. The largest absolute Gasteiger partial charge is 0.325 e. The molecule has 1 saturated heterocycles. The number of rotatable bonds is 1. The molecule has 0 aromatic carbocycles. The Kier molecular flexibility index (Phi) is 1.75. The second-order valence-electron chi connectivity index (χ2n) is 1.75. The summed E-state index contributed by atoms with van der Waals surface area (Å²) in [6.07, 6.45) is 0. The van der Waals surface area contributed by atoms with Crippen LogP contribution in [0.15, 0.2) is 0 Å². The third kappa shape index (κ3) is 1.24. The first-order valence-electron chi connectivity index (χ1n) is 2.73. The van der Waals surface area contributed by atoms with Gasteiger partial charge >= 0.3 is 0 Å². The molecule has 0 radical (unpaired) electrons. The van der Waals surface area contributed by atoms with E-state index in [0.29, 0.717) is 13.1 Å². The SMILES string of the molecule is CCN1CC(=O)SC1=O. The highest BCUT2D eigenvalue weighted by molar-refractivity contribution is 8.26. The number of nitrogens with zero attached hydrogens (tertiary/aromatic N) is 1. The molecule has 1 amide bonds. The standard InChI is InChI=1S/C5H7NO2S/c1-2-6-3-4(7)9-5(6)8/h2-3H2,1H3. The summed E-state index contributed by atoms with van der Waals surface area (Å²) in [4.78, 5) is 22.7. The van der Waals surface area contributed by atoms with Crippen molar-refractivity contribution in [3.8, 4) is 0 Å². The maximum atomic E-state index is 10.7.